The summed E-state index contributed by atoms with van der Waals surface area (Å²) >= 11 is 3.67. The Morgan fingerprint density at radius 3 is 2.28 bits per heavy atom. The van der Waals surface area contributed by atoms with Gasteiger partial charge in [-0.3, -0.25) is 4.79 Å². The Bertz CT molecular complexity index is 839. The summed E-state index contributed by atoms with van der Waals surface area (Å²) in [7, 11) is 0. The lowest BCUT2D eigenvalue weighted by Gasteiger charge is -2.28. The fraction of sp³-hybridized carbons (Fsp3) is 0.529. The van der Waals surface area contributed by atoms with E-state index in [1.807, 2.05) is 0 Å². The molecule has 1 aliphatic heterocycles. The van der Waals surface area contributed by atoms with E-state index in [2.05, 4.69) is 15.9 Å². The number of thioether (sulfide) groups is 1. The van der Waals surface area contributed by atoms with Crippen molar-refractivity contribution in [3.63, 3.8) is 0 Å². The summed E-state index contributed by atoms with van der Waals surface area (Å²) in [5.74, 6) is -2.79. The van der Waals surface area contributed by atoms with Crippen LogP contribution in [0.2, 0.25) is 0 Å². The molecule has 2 fully saturated rings. The summed E-state index contributed by atoms with van der Waals surface area (Å²) in [5.41, 5.74) is -3.52. The van der Waals surface area contributed by atoms with Crippen molar-refractivity contribution in [3.05, 3.63) is 28.2 Å². The zero-order valence-electron chi connectivity index (χ0n) is 14.5. The Balaban J connectivity index is 1.84. The highest BCUT2D eigenvalue weighted by molar-refractivity contribution is 9.10. The summed E-state index contributed by atoms with van der Waals surface area (Å²) in [6, 6.07) is 1.95. The van der Waals surface area contributed by atoms with Crippen LogP contribution in [0.5, 0.6) is 0 Å². The SMILES string of the molecule is O=C(O)[C@@H]1C[C@@H](Sc2ccc(Br)cc2C(F)(F)F)CN1C(=O)C1(C(F)(F)F)CC1. The van der Waals surface area contributed by atoms with Gasteiger partial charge in [0.05, 0.1) is 5.56 Å². The number of hydrogen-bond acceptors (Lipinski definition) is 3. The molecule has 3 rings (SSSR count). The van der Waals surface area contributed by atoms with Crippen molar-refractivity contribution in [3.8, 4) is 0 Å². The van der Waals surface area contributed by atoms with Crippen molar-refractivity contribution >= 4 is 39.6 Å². The van der Waals surface area contributed by atoms with Gasteiger partial charge in [0.15, 0.2) is 0 Å². The van der Waals surface area contributed by atoms with E-state index in [9.17, 15) is 41.0 Å². The topological polar surface area (TPSA) is 57.6 Å². The molecule has 2 aliphatic rings. The molecular formula is C17H14BrF6NO3S. The van der Waals surface area contributed by atoms with Crippen LogP contribution in [0.15, 0.2) is 27.6 Å². The molecule has 12 heteroatoms. The standard InChI is InChI=1S/C17H14BrF6NO3S/c18-8-1-2-12(10(5-8)16(19,20)21)29-9-6-11(13(26)27)25(7-9)14(28)15(3-4-15)17(22,23)24/h1-2,5,9,11H,3-4,6-7H2,(H,26,27)/t9-,11+/m1/s1. The largest absolute Gasteiger partial charge is 0.480 e. The number of hydrogen-bond donors (Lipinski definition) is 1. The van der Waals surface area contributed by atoms with Crippen molar-refractivity contribution in [2.75, 3.05) is 6.54 Å². The van der Waals surface area contributed by atoms with Gasteiger partial charge in [-0.15, -0.1) is 11.8 Å². The van der Waals surface area contributed by atoms with Crippen LogP contribution in [0.4, 0.5) is 26.3 Å². The van der Waals surface area contributed by atoms with Crippen LogP contribution in [0.1, 0.15) is 24.8 Å². The lowest BCUT2D eigenvalue weighted by molar-refractivity contribution is -0.199. The van der Waals surface area contributed by atoms with Gasteiger partial charge in [-0.1, -0.05) is 15.9 Å². The first-order valence-corrected chi connectivity index (χ1v) is 10.1. The first kappa shape index (κ1) is 22.3. The summed E-state index contributed by atoms with van der Waals surface area (Å²) in [6.45, 7) is -0.369. The normalized spacial score (nSPS) is 23.9. The summed E-state index contributed by atoms with van der Waals surface area (Å²) < 4.78 is 79.9. The molecule has 1 saturated carbocycles. The molecule has 0 spiro atoms. The number of halogens is 7. The number of carboxylic acid groups (broad SMARTS) is 1. The Labute approximate surface area is 173 Å². The van der Waals surface area contributed by atoms with Crippen molar-refractivity contribution in [2.45, 2.75) is 47.8 Å². The Hall–Kier alpha value is -1.43. The Morgan fingerprint density at radius 2 is 1.79 bits per heavy atom. The Kier molecular flexibility index (Phi) is 5.65. The van der Waals surface area contributed by atoms with Crippen molar-refractivity contribution < 1.29 is 41.0 Å². The molecule has 2 atom stereocenters. The van der Waals surface area contributed by atoms with E-state index in [1.165, 1.54) is 12.1 Å². The summed E-state index contributed by atoms with van der Waals surface area (Å²) in [5, 5.41) is 8.57. The molecular weight excluding hydrogens is 492 g/mol. The third-order valence-corrected chi connectivity index (χ3v) is 6.83. The summed E-state index contributed by atoms with van der Waals surface area (Å²) in [6.07, 6.45) is -10.5. The molecule has 1 aromatic carbocycles. The van der Waals surface area contributed by atoms with Crippen LogP contribution < -0.4 is 0 Å². The van der Waals surface area contributed by atoms with Crippen molar-refractivity contribution in [1.82, 2.24) is 4.90 Å². The highest BCUT2D eigenvalue weighted by Crippen LogP contribution is 2.59. The minimum absolute atomic E-state index is 0.180. The molecule has 1 amide bonds. The molecule has 0 aromatic heterocycles. The number of carboxylic acids is 1. The van der Waals surface area contributed by atoms with Crippen molar-refractivity contribution in [1.29, 1.82) is 0 Å². The lowest BCUT2D eigenvalue weighted by atomic mass is 10.0. The molecule has 160 valence electrons. The van der Waals surface area contributed by atoms with Gasteiger partial charge in [-0.25, -0.2) is 4.79 Å². The number of benzene rings is 1. The maximum atomic E-state index is 13.3. The minimum atomic E-state index is -4.80. The average molecular weight is 506 g/mol. The van der Waals surface area contributed by atoms with Crippen LogP contribution in [0.25, 0.3) is 0 Å². The molecule has 1 heterocycles. The predicted octanol–water partition coefficient (Wildman–Crippen LogP) is 4.96. The molecule has 29 heavy (non-hydrogen) atoms. The molecule has 0 bridgehead atoms. The lowest BCUT2D eigenvalue weighted by Crippen LogP contribution is -2.48. The molecule has 1 aromatic rings. The highest BCUT2D eigenvalue weighted by atomic mass is 79.9. The first-order valence-electron chi connectivity index (χ1n) is 8.40. The van der Waals surface area contributed by atoms with Crippen LogP contribution in [-0.2, 0) is 15.8 Å². The van der Waals surface area contributed by atoms with E-state index in [-0.39, 0.29) is 22.3 Å². The number of likely N-dealkylation sites (tertiary alicyclic amines) is 1. The smallest absolute Gasteiger partial charge is 0.417 e. The second-order valence-electron chi connectivity index (χ2n) is 7.01. The average Bonchev–Trinajstić information content (AvgIpc) is 3.30. The maximum absolute atomic E-state index is 13.3. The first-order chi connectivity index (χ1) is 13.3. The fourth-order valence-corrected chi connectivity index (χ4v) is 5.05. The molecule has 0 radical (unpaired) electrons. The van der Waals surface area contributed by atoms with Crippen molar-refractivity contribution in [2.24, 2.45) is 5.41 Å². The van der Waals surface area contributed by atoms with Gasteiger partial charge in [0, 0.05) is 21.2 Å². The Morgan fingerprint density at radius 1 is 1.17 bits per heavy atom. The number of carbonyl (C=O) groups excluding carboxylic acids is 1. The van der Waals surface area contributed by atoms with Crippen LogP contribution in [0, 0.1) is 5.41 Å². The van der Waals surface area contributed by atoms with Gasteiger partial charge in [0.1, 0.15) is 11.5 Å². The van der Waals surface area contributed by atoms with E-state index in [0.717, 1.165) is 6.07 Å². The monoisotopic (exact) mass is 505 g/mol. The molecule has 4 nitrogen and oxygen atoms in total. The summed E-state index contributed by atoms with van der Waals surface area (Å²) in [4.78, 5) is 24.5. The number of nitrogens with zero attached hydrogens (tertiary/aromatic N) is 1. The van der Waals surface area contributed by atoms with E-state index in [1.54, 1.807) is 0 Å². The molecule has 1 saturated heterocycles. The van der Waals surface area contributed by atoms with E-state index >= 15 is 0 Å². The third kappa shape index (κ3) is 4.23. The second kappa shape index (κ2) is 7.36. The number of aliphatic carboxylic acids is 1. The second-order valence-corrected chi connectivity index (χ2v) is 9.26. The number of amides is 1. The number of rotatable bonds is 4. The van der Waals surface area contributed by atoms with E-state index in [0.29, 0.717) is 16.7 Å². The molecule has 0 unspecified atom stereocenters. The minimum Gasteiger partial charge on any atom is -0.480 e. The highest BCUT2D eigenvalue weighted by Gasteiger charge is 2.70. The van der Waals surface area contributed by atoms with E-state index < -0.39 is 59.3 Å². The van der Waals surface area contributed by atoms with Crippen LogP contribution in [0.3, 0.4) is 0 Å². The van der Waals surface area contributed by atoms with E-state index in [4.69, 9.17) is 0 Å². The quantitative estimate of drug-likeness (QED) is 0.587. The number of alkyl halides is 6. The third-order valence-electron chi connectivity index (χ3n) is 5.05. The van der Waals surface area contributed by atoms with Gasteiger partial charge < -0.3 is 10.0 Å². The van der Waals surface area contributed by atoms with Gasteiger partial charge in [0.2, 0.25) is 5.91 Å². The predicted molar refractivity (Wildman–Crippen MR) is 94.3 cm³/mol. The van der Waals surface area contributed by atoms with Gasteiger partial charge in [-0.05, 0) is 37.5 Å². The van der Waals surface area contributed by atoms with Gasteiger partial charge in [-0.2, -0.15) is 26.3 Å². The fourth-order valence-electron chi connectivity index (χ4n) is 3.37. The zero-order chi connectivity index (χ0) is 21.8. The number of carbonyl (C=O) groups is 2. The maximum Gasteiger partial charge on any atom is 0.417 e. The zero-order valence-corrected chi connectivity index (χ0v) is 16.9. The van der Waals surface area contributed by atoms with Crippen LogP contribution in [-0.4, -0.2) is 45.9 Å². The van der Waals surface area contributed by atoms with Gasteiger partial charge >= 0.3 is 18.3 Å². The molecule has 1 N–H and O–H groups in total. The molecule has 1 aliphatic carbocycles. The van der Waals surface area contributed by atoms with Gasteiger partial charge in [0.25, 0.3) is 0 Å². The van der Waals surface area contributed by atoms with Crippen LogP contribution >= 0.6 is 27.7 Å².